The lowest BCUT2D eigenvalue weighted by Gasteiger charge is -2.22. The maximum absolute atomic E-state index is 12.0. The van der Waals surface area contributed by atoms with Crippen molar-refractivity contribution in [2.75, 3.05) is 0 Å². The van der Waals surface area contributed by atoms with Crippen LogP contribution >= 0.6 is 0 Å². The minimum Gasteiger partial charge on any atom is -0.291 e. The largest absolute Gasteiger partial charge is 0.291 e. The molecule has 0 aliphatic heterocycles. The maximum Gasteiger partial charge on any atom is 0.257 e. The Kier molecular flexibility index (Phi) is 3.05. The average molecular weight is 203 g/mol. The second-order valence-corrected chi connectivity index (χ2v) is 4.26. The Labute approximate surface area is 90.6 Å². The molecule has 0 N–H and O–H groups in total. The van der Waals surface area contributed by atoms with Gasteiger partial charge in [0.05, 0.1) is 0 Å². The van der Waals surface area contributed by atoms with Crippen molar-refractivity contribution in [3.05, 3.63) is 36.7 Å². The Morgan fingerprint density at radius 2 is 1.73 bits per heavy atom. The van der Waals surface area contributed by atoms with Crippen LogP contribution in [0, 0.1) is 5.92 Å². The van der Waals surface area contributed by atoms with Gasteiger partial charge in [-0.15, -0.1) is 0 Å². The van der Waals surface area contributed by atoms with Gasteiger partial charge < -0.3 is 0 Å². The minimum absolute atomic E-state index is 0.0619. The van der Waals surface area contributed by atoms with E-state index in [1.54, 1.807) is 17.0 Å². The third-order valence-corrected chi connectivity index (χ3v) is 3.21. The van der Waals surface area contributed by atoms with Gasteiger partial charge in [-0.1, -0.05) is 25.8 Å². The van der Waals surface area contributed by atoms with Crippen molar-refractivity contribution in [2.24, 2.45) is 5.92 Å². The molecule has 80 valence electrons. The lowest BCUT2D eigenvalue weighted by Crippen LogP contribution is -2.19. The quantitative estimate of drug-likeness (QED) is 0.676. The zero-order valence-electron chi connectivity index (χ0n) is 8.98. The molecule has 1 aromatic rings. The number of hydrogen-bond donors (Lipinski definition) is 0. The van der Waals surface area contributed by atoms with E-state index in [2.05, 4.69) is 6.58 Å². The highest BCUT2D eigenvalue weighted by Gasteiger charge is 2.21. The van der Waals surface area contributed by atoms with Gasteiger partial charge >= 0.3 is 0 Å². The number of aromatic nitrogens is 1. The molecule has 15 heavy (non-hydrogen) atoms. The van der Waals surface area contributed by atoms with E-state index in [-0.39, 0.29) is 5.91 Å². The summed E-state index contributed by atoms with van der Waals surface area (Å²) >= 11 is 0. The molecule has 0 atom stereocenters. The van der Waals surface area contributed by atoms with E-state index in [0.29, 0.717) is 5.92 Å². The van der Waals surface area contributed by atoms with Crippen LogP contribution in [0.15, 0.2) is 36.7 Å². The topological polar surface area (TPSA) is 22.0 Å². The molecule has 0 saturated heterocycles. The zero-order valence-corrected chi connectivity index (χ0v) is 8.98. The molecule has 1 fully saturated rings. The third kappa shape index (κ3) is 2.20. The van der Waals surface area contributed by atoms with Crippen LogP contribution in [0.25, 0.3) is 0 Å². The van der Waals surface area contributed by atoms with Crippen LogP contribution in [0.4, 0.5) is 0 Å². The zero-order chi connectivity index (χ0) is 10.7. The number of rotatable bonds is 2. The molecule has 1 aromatic heterocycles. The Bertz CT molecular complexity index is 345. The van der Waals surface area contributed by atoms with Gasteiger partial charge in [0, 0.05) is 18.0 Å². The molecule has 1 heterocycles. The van der Waals surface area contributed by atoms with Crippen LogP contribution < -0.4 is 0 Å². The van der Waals surface area contributed by atoms with Gasteiger partial charge in [-0.05, 0) is 30.9 Å². The van der Waals surface area contributed by atoms with Crippen molar-refractivity contribution >= 4 is 5.91 Å². The Morgan fingerprint density at radius 3 is 2.33 bits per heavy atom. The fraction of sp³-hybridized carbons (Fsp3) is 0.462. The molecule has 0 amide bonds. The van der Waals surface area contributed by atoms with E-state index in [0.717, 1.165) is 18.4 Å². The van der Waals surface area contributed by atoms with Crippen molar-refractivity contribution < 1.29 is 4.79 Å². The van der Waals surface area contributed by atoms with E-state index in [9.17, 15) is 4.79 Å². The van der Waals surface area contributed by atoms with E-state index in [1.165, 1.54) is 19.3 Å². The van der Waals surface area contributed by atoms with Gasteiger partial charge in [0.15, 0.2) is 0 Å². The highest BCUT2D eigenvalue weighted by molar-refractivity contribution is 5.95. The summed E-state index contributed by atoms with van der Waals surface area (Å²) in [4.78, 5) is 12.0. The fourth-order valence-corrected chi connectivity index (χ4v) is 2.26. The number of allylic oxidation sites excluding steroid dienone is 1. The third-order valence-electron chi connectivity index (χ3n) is 3.21. The predicted octanol–water partition coefficient (Wildman–Crippen LogP) is 3.26. The normalized spacial score (nSPS) is 17.6. The van der Waals surface area contributed by atoms with Crippen molar-refractivity contribution in [1.29, 1.82) is 0 Å². The summed E-state index contributed by atoms with van der Waals surface area (Å²) in [6, 6.07) is 3.73. The molecule has 0 unspecified atom stereocenters. The SMILES string of the molecule is C=C(C(=O)n1cccc1)C1CCCCC1. The number of nitrogens with zero attached hydrogens (tertiary/aromatic N) is 1. The molecule has 0 spiro atoms. The smallest absolute Gasteiger partial charge is 0.257 e. The fourth-order valence-electron chi connectivity index (χ4n) is 2.26. The van der Waals surface area contributed by atoms with Gasteiger partial charge in [0.25, 0.3) is 5.91 Å². The minimum atomic E-state index is 0.0619. The van der Waals surface area contributed by atoms with Crippen LogP contribution in [0.5, 0.6) is 0 Å². The molecule has 1 saturated carbocycles. The lowest BCUT2D eigenvalue weighted by atomic mass is 9.84. The average Bonchev–Trinajstić information content (AvgIpc) is 2.82. The first-order valence-corrected chi connectivity index (χ1v) is 5.65. The first-order chi connectivity index (χ1) is 7.29. The molecule has 2 nitrogen and oxygen atoms in total. The van der Waals surface area contributed by atoms with Crippen LogP contribution in [-0.2, 0) is 0 Å². The molecule has 2 heteroatoms. The molecular formula is C13H17NO. The van der Waals surface area contributed by atoms with E-state index < -0.39 is 0 Å². The summed E-state index contributed by atoms with van der Waals surface area (Å²) in [7, 11) is 0. The Balaban J connectivity index is 2.04. The summed E-state index contributed by atoms with van der Waals surface area (Å²) in [6.45, 7) is 3.96. The molecule has 1 aliphatic rings. The highest BCUT2D eigenvalue weighted by Crippen LogP contribution is 2.29. The van der Waals surface area contributed by atoms with Crippen LogP contribution in [0.3, 0.4) is 0 Å². The number of hydrogen-bond acceptors (Lipinski definition) is 1. The van der Waals surface area contributed by atoms with Crippen molar-refractivity contribution in [3.8, 4) is 0 Å². The second kappa shape index (κ2) is 4.47. The first-order valence-electron chi connectivity index (χ1n) is 5.65. The summed E-state index contributed by atoms with van der Waals surface area (Å²) in [5.41, 5.74) is 0.783. The molecular weight excluding hydrogens is 186 g/mol. The van der Waals surface area contributed by atoms with Crippen LogP contribution in [0.2, 0.25) is 0 Å². The van der Waals surface area contributed by atoms with Crippen molar-refractivity contribution in [3.63, 3.8) is 0 Å². The predicted molar refractivity (Wildman–Crippen MR) is 60.8 cm³/mol. The van der Waals surface area contributed by atoms with Gasteiger partial charge in [0.2, 0.25) is 0 Å². The second-order valence-electron chi connectivity index (χ2n) is 4.26. The summed E-state index contributed by atoms with van der Waals surface area (Å²) < 4.78 is 1.62. The van der Waals surface area contributed by atoms with Gasteiger partial charge in [-0.3, -0.25) is 9.36 Å². The van der Waals surface area contributed by atoms with Crippen molar-refractivity contribution in [2.45, 2.75) is 32.1 Å². The molecule has 1 aliphatic carbocycles. The summed E-state index contributed by atoms with van der Waals surface area (Å²) in [5.74, 6) is 0.473. The Hall–Kier alpha value is -1.31. The standard InChI is InChI=1S/C13H17NO/c1-11(12-7-3-2-4-8-12)13(15)14-9-5-6-10-14/h5-6,9-10,12H,1-4,7-8H2. The monoisotopic (exact) mass is 203 g/mol. The van der Waals surface area contributed by atoms with Crippen LogP contribution in [-0.4, -0.2) is 10.5 Å². The van der Waals surface area contributed by atoms with E-state index in [1.807, 2.05) is 12.1 Å². The van der Waals surface area contributed by atoms with Gasteiger partial charge in [-0.25, -0.2) is 0 Å². The number of carbonyl (C=O) groups excluding carboxylic acids is 1. The van der Waals surface area contributed by atoms with Gasteiger partial charge in [0.1, 0.15) is 0 Å². The lowest BCUT2D eigenvalue weighted by molar-refractivity contribution is 0.0938. The Morgan fingerprint density at radius 1 is 1.13 bits per heavy atom. The highest BCUT2D eigenvalue weighted by atomic mass is 16.2. The molecule has 0 aromatic carbocycles. The summed E-state index contributed by atoms with van der Waals surface area (Å²) in [6.07, 6.45) is 9.62. The van der Waals surface area contributed by atoms with E-state index in [4.69, 9.17) is 0 Å². The maximum atomic E-state index is 12.0. The molecule has 0 bridgehead atoms. The van der Waals surface area contributed by atoms with Crippen molar-refractivity contribution in [1.82, 2.24) is 4.57 Å². The first kappa shape index (κ1) is 10.2. The number of carbonyl (C=O) groups is 1. The molecule has 2 rings (SSSR count). The van der Waals surface area contributed by atoms with Crippen LogP contribution in [0.1, 0.15) is 36.9 Å². The van der Waals surface area contributed by atoms with E-state index >= 15 is 0 Å². The van der Waals surface area contributed by atoms with Gasteiger partial charge in [-0.2, -0.15) is 0 Å². The summed E-state index contributed by atoms with van der Waals surface area (Å²) in [5, 5.41) is 0. The molecule has 0 radical (unpaired) electrons.